The van der Waals surface area contributed by atoms with E-state index in [-0.39, 0.29) is 29.9 Å². The van der Waals surface area contributed by atoms with Gasteiger partial charge in [-0.1, -0.05) is 26.0 Å². The molecular weight excluding hydrogens is 457 g/mol. The number of carbonyl (C=O) groups excluding carboxylic acids is 1. The zero-order valence-electron chi connectivity index (χ0n) is 21.2. The summed E-state index contributed by atoms with van der Waals surface area (Å²) in [5.74, 6) is 0.989. The van der Waals surface area contributed by atoms with E-state index in [0.29, 0.717) is 11.8 Å². The minimum Gasteiger partial charge on any atom is -0.508 e. The van der Waals surface area contributed by atoms with Gasteiger partial charge in [0.15, 0.2) is 5.60 Å². The van der Waals surface area contributed by atoms with Gasteiger partial charge in [0.05, 0.1) is 5.41 Å². The average Bonchev–Trinajstić information content (AvgIpc) is 2.76. The molecule has 0 spiro atoms. The van der Waals surface area contributed by atoms with E-state index in [0.717, 1.165) is 31.2 Å². The van der Waals surface area contributed by atoms with E-state index in [1.165, 1.54) is 32.4 Å². The molecule has 7 heteroatoms. The maximum absolute atomic E-state index is 13.9. The monoisotopic (exact) mass is 496 g/mol. The first-order valence-corrected chi connectivity index (χ1v) is 13.0. The lowest BCUT2D eigenvalue weighted by Gasteiger charge is -2.59. The molecule has 2 N–H and O–H groups in total. The summed E-state index contributed by atoms with van der Waals surface area (Å²) in [4.78, 5) is 13.9. The lowest BCUT2D eigenvalue weighted by Crippen LogP contribution is -2.59. The minimum absolute atomic E-state index is 0.0890. The SMILES string of the molecule is CCC(O)(CC(C)(CC(C)c1ccc(O)cc1)C(=O)OC1(C)C2CC3CC(C2)CC1C3)C(F)(F)F. The first-order chi connectivity index (χ1) is 16.2. The molecule has 4 saturated carbocycles. The molecule has 4 bridgehead atoms. The second kappa shape index (κ2) is 8.97. The average molecular weight is 497 g/mol. The summed E-state index contributed by atoms with van der Waals surface area (Å²) in [5.41, 5.74) is -4.40. The number of esters is 1. The van der Waals surface area contributed by atoms with Crippen LogP contribution in [0.4, 0.5) is 13.2 Å². The third-order valence-corrected chi connectivity index (χ3v) is 9.58. The maximum atomic E-state index is 13.9. The van der Waals surface area contributed by atoms with Crippen molar-refractivity contribution in [2.75, 3.05) is 0 Å². The fraction of sp³-hybridized carbons (Fsp3) is 0.750. The molecule has 4 aliphatic carbocycles. The molecule has 1 aromatic rings. The van der Waals surface area contributed by atoms with Crippen LogP contribution in [0.1, 0.15) is 90.5 Å². The van der Waals surface area contributed by atoms with Crippen LogP contribution in [0.25, 0.3) is 0 Å². The molecule has 5 rings (SSSR count). The highest BCUT2D eigenvalue weighted by atomic mass is 19.4. The van der Waals surface area contributed by atoms with Crippen molar-refractivity contribution in [2.45, 2.75) is 102 Å². The summed E-state index contributed by atoms with van der Waals surface area (Å²) >= 11 is 0. The number of carbonyl (C=O) groups is 1. The quantitative estimate of drug-likeness (QED) is 0.391. The topological polar surface area (TPSA) is 66.8 Å². The number of alkyl halides is 3. The Labute approximate surface area is 206 Å². The second-order valence-corrected chi connectivity index (χ2v) is 12.2. The van der Waals surface area contributed by atoms with Gasteiger partial charge in [-0.3, -0.25) is 4.79 Å². The Morgan fingerprint density at radius 2 is 1.60 bits per heavy atom. The number of phenolic OH excluding ortho intramolecular Hbond substituents is 1. The molecule has 3 unspecified atom stereocenters. The van der Waals surface area contributed by atoms with Gasteiger partial charge in [0.1, 0.15) is 11.4 Å². The fourth-order valence-corrected chi connectivity index (χ4v) is 7.50. The Morgan fingerprint density at radius 3 is 2.06 bits per heavy atom. The highest BCUT2D eigenvalue weighted by molar-refractivity contribution is 5.77. The van der Waals surface area contributed by atoms with Crippen LogP contribution in [0.2, 0.25) is 0 Å². The summed E-state index contributed by atoms with van der Waals surface area (Å²) in [6, 6.07) is 6.46. The Balaban J connectivity index is 1.62. The third-order valence-electron chi connectivity index (χ3n) is 9.58. The number of aromatic hydroxyl groups is 1. The van der Waals surface area contributed by atoms with Crippen molar-refractivity contribution in [2.24, 2.45) is 29.1 Å². The summed E-state index contributed by atoms with van der Waals surface area (Å²) < 4.78 is 48.1. The van der Waals surface area contributed by atoms with Crippen LogP contribution in [0, 0.1) is 29.1 Å². The summed E-state index contributed by atoms with van der Waals surface area (Å²) in [5, 5.41) is 20.3. The van der Waals surface area contributed by atoms with Gasteiger partial charge < -0.3 is 14.9 Å². The molecule has 1 aromatic carbocycles. The first-order valence-electron chi connectivity index (χ1n) is 13.0. The van der Waals surface area contributed by atoms with Gasteiger partial charge in [-0.2, -0.15) is 13.2 Å². The Kier molecular flexibility index (Phi) is 6.74. The van der Waals surface area contributed by atoms with Crippen molar-refractivity contribution in [3.05, 3.63) is 29.8 Å². The highest BCUT2D eigenvalue weighted by Gasteiger charge is 2.60. The van der Waals surface area contributed by atoms with Crippen molar-refractivity contribution in [1.82, 2.24) is 0 Å². The smallest absolute Gasteiger partial charge is 0.417 e. The Bertz CT molecular complexity index is 899. The van der Waals surface area contributed by atoms with Crippen LogP contribution in [0.5, 0.6) is 5.75 Å². The van der Waals surface area contributed by atoms with Gasteiger partial charge in [0.2, 0.25) is 0 Å². The molecule has 0 heterocycles. The zero-order chi connectivity index (χ0) is 25.8. The molecule has 3 atom stereocenters. The van der Waals surface area contributed by atoms with Crippen molar-refractivity contribution in [3.8, 4) is 5.75 Å². The molecule has 4 nitrogen and oxygen atoms in total. The third kappa shape index (κ3) is 4.82. The molecule has 4 aliphatic rings. The molecule has 196 valence electrons. The highest BCUT2D eigenvalue weighted by Crippen LogP contribution is 2.60. The molecule has 35 heavy (non-hydrogen) atoms. The summed E-state index contributed by atoms with van der Waals surface area (Å²) in [6.45, 7) is 6.64. The fourth-order valence-electron chi connectivity index (χ4n) is 7.50. The van der Waals surface area contributed by atoms with Crippen LogP contribution in [0.15, 0.2) is 24.3 Å². The number of halogens is 3. The van der Waals surface area contributed by atoms with E-state index in [2.05, 4.69) is 0 Å². The Morgan fingerprint density at radius 1 is 1.09 bits per heavy atom. The van der Waals surface area contributed by atoms with Crippen LogP contribution in [-0.2, 0) is 9.53 Å². The van der Waals surface area contributed by atoms with Gasteiger partial charge in [0, 0.05) is 6.42 Å². The van der Waals surface area contributed by atoms with E-state index < -0.39 is 41.6 Å². The standard InChI is InChI=1S/C28H39F3O4/c1-5-27(34,28(29,30)31)16-25(3,15-17(2)20-6-8-23(32)9-7-20)24(33)35-26(4)21-11-18-10-19(13-21)14-22(26)12-18/h6-9,17-19,21-22,32,34H,5,10-16H2,1-4H3. The summed E-state index contributed by atoms with van der Waals surface area (Å²) in [7, 11) is 0. The van der Waals surface area contributed by atoms with Gasteiger partial charge in [-0.05, 0) is 106 Å². The number of benzene rings is 1. The lowest BCUT2D eigenvalue weighted by atomic mass is 9.50. The number of ether oxygens (including phenoxy) is 1. The molecule has 4 fully saturated rings. The largest absolute Gasteiger partial charge is 0.508 e. The van der Waals surface area contributed by atoms with Gasteiger partial charge >= 0.3 is 12.1 Å². The minimum atomic E-state index is -4.86. The van der Waals surface area contributed by atoms with Gasteiger partial charge in [-0.25, -0.2) is 0 Å². The predicted molar refractivity (Wildman–Crippen MR) is 127 cm³/mol. The number of rotatable bonds is 8. The van der Waals surface area contributed by atoms with Gasteiger partial charge in [-0.15, -0.1) is 0 Å². The van der Waals surface area contributed by atoms with Crippen LogP contribution in [0.3, 0.4) is 0 Å². The number of aliphatic hydroxyl groups is 1. The van der Waals surface area contributed by atoms with Crippen molar-refractivity contribution >= 4 is 5.97 Å². The van der Waals surface area contributed by atoms with Crippen molar-refractivity contribution in [3.63, 3.8) is 0 Å². The van der Waals surface area contributed by atoms with Crippen molar-refractivity contribution in [1.29, 1.82) is 0 Å². The number of phenols is 1. The van der Waals surface area contributed by atoms with E-state index in [4.69, 9.17) is 4.74 Å². The molecule has 0 saturated heterocycles. The van der Waals surface area contributed by atoms with Gasteiger partial charge in [0.25, 0.3) is 0 Å². The molecular formula is C28H39F3O4. The van der Waals surface area contributed by atoms with Crippen molar-refractivity contribution < 1.29 is 32.9 Å². The van der Waals surface area contributed by atoms with Crippen LogP contribution < -0.4 is 0 Å². The Hall–Kier alpha value is -1.76. The summed E-state index contributed by atoms with van der Waals surface area (Å²) in [6.07, 6.45) is -0.774. The predicted octanol–water partition coefficient (Wildman–Crippen LogP) is 6.74. The van der Waals surface area contributed by atoms with Crippen LogP contribution in [-0.4, -0.2) is 33.6 Å². The molecule has 0 aliphatic heterocycles. The molecule has 0 radical (unpaired) electrons. The molecule has 0 aromatic heterocycles. The van der Waals surface area contributed by atoms with E-state index in [9.17, 15) is 28.2 Å². The van der Waals surface area contributed by atoms with E-state index in [1.807, 2.05) is 13.8 Å². The van der Waals surface area contributed by atoms with E-state index in [1.54, 1.807) is 12.1 Å². The van der Waals surface area contributed by atoms with E-state index >= 15 is 0 Å². The second-order valence-electron chi connectivity index (χ2n) is 12.2. The van der Waals surface area contributed by atoms with Crippen LogP contribution >= 0.6 is 0 Å². The molecule has 0 amide bonds. The first kappa shape index (κ1) is 26.3. The zero-order valence-corrected chi connectivity index (χ0v) is 21.2. The maximum Gasteiger partial charge on any atom is 0.417 e. The number of hydrogen-bond acceptors (Lipinski definition) is 4. The normalized spacial score (nSPS) is 34.2. The lowest BCUT2D eigenvalue weighted by molar-refractivity contribution is -0.273. The number of hydrogen-bond donors (Lipinski definition) is 2.